The highest BCUT2D eigenvalue weighted by Crippen LogP contribution is 2.68. The second kappa shape index (κ2) is 8.81. The van der Waals surface area contributed by atoms with Gasteiger partial charge >= 0.3 is 0 Å². The van der Waals surface area contributed by atoms with E-state index in [0.717, 1.165) is 41.9 Å². The topological polar surface area (TPSA) is 20.2 Å². The third-order valence-electron chi connectivity index (χ3n) is 11.4. The maximum atomic E-state index is 9.88. The highest BCUT2D eigenvalue weighted by Gasteiger charge is 2.60. The SMILES string of the molecule is C#CC(O)C(C)CCC[C@@H](C)[C@H]1CC[C@H]2[C@@H]3CCC4CCCC[C@]4(C)[C@H]3CC[C@]12C. The number of terminal acetylenes is 1. The number of rotatable bonds is 6. The minimum Gasteiger partial charge on any atom is -0.380 e. The molecular weight excluding hydrogens is 364 g/mol. The van der Waals surface area contributed by atoms with E-state index in [9.17, 15) is 5.11 Å². The summed E-state index contributed by atoms with van der Waals surface area (Å²) < 4.78 is 0. The molecule has 0 radical (unpaired) electrons. The van der Waals surface area contributed by atoms with Crippen molar-refractivity contribution in [1.82, 2.24) is 0 Å². The molecule has 3 unspecified atom stereocenters. The summed E-state index contributed by atoms with van der Waals surface area (Å²) in [5.74, 6) is 8.53. The van der Waals surface area contributed by atoms with E-state index >= 15 is 0 Å². The van der Waals surface area contributed by atoms with Crippen molar-refractivity contribution in [3.63, 3.8) is 0 Å². The van der Waals surface area contributed by atoms with Gasteiger partial charge in [-0.25, -0.2) is 0 Å². The van der Waals surface area contributed by atoms with E-state index in [4.69, 9.17) is 6.42 Å². The molecule has 4 rings (SSSR count). The van der Waals surface area contributed by atoms with Crippen molar-refractivity contribution in [1.29, 1.82) is 0 Å². The molecule has 0 amide bonds. The van der Waals surface area contributed by atoms with Crippen molar-refractivity contribution >= 4 is 0 Å². The summed E-state index contributed by atoms with van der Waals surface area (Å²) in [6.45, 7) is 10.0. The van der Waals surface area contributed by atoms with Crippen LogP contribution < -0.4 is 0 Å². The van der Waals surface area contributed by atoms with E-state index in [1.165, 1.54) is 77.0 Å². The molecule has 170 valence electrons. The minimum atomic E-state index is -0.569. The molecule has 4 aliphatic carbocycles. The fourth-order valence-corrected chi connectivity index (χ4v) is 9.56. The molecule has 10 atom stereocenters. The van der Waals surface area contributed by atoms with Crippen molar-refractivity contribution in [2.75, 3.05) is 0 Å². The average Bonchev–Trinajstić information content (AvgIpc) is 3.09. The zero-order valence-electron chi connectivity index (χ0n) is 20.3. The first-order valence-electron chi connectivity index (χ1n) is 13.5. The summed E-state index contributed by atoms with van der Waals surface area (Å²) in [5.41, 5.74) is 1.25. The Morgan fingerprint density at radius 1 is 0.900 bits per heavy atom. The maximum Gasteiger partial charge on any atom is 0.117 e. The summed E-state index contributed by atoms with van der Waals surface area (Å²) in [5, 5.41) is 9.88. The Hall–Kier alpha value is -0.480. The van der Waals surface area contributed by atoms with Crippen molar-refractivity contribution < 1.29 is 5.11 Å². The summed E-state index contributed by atoms with van der Waals surface area (Å²) >= 11 is 0. The van der Waals surface area contributed by atoms with Crippen LogP contribution in [0.5, 0.6) is 0 Å². The van der Waals surface area contributed by atoms with Crippen LogP contribution in [-0.2, 0) is 0 Å². The quantitative estimate of drug-likeness (QED) is 0.448. The standard InChI is InChI=1S/C29H48O/c1-6-27(30)21(3)11-9-10-20(2)24-15-16-25-23-14-13-22-12-7-8-18-28(22,4)26(23)17-19-29(24,25)5/h1,20-27,30H,7-19H2,2-5H3/t20-,21?,22?,23+,24-,25+,26+,27?,28+,29-/m1/s1. The normalized spacial score (nSPS) is 46.1. The Kier molecular flexibility index (Phi) is 6.67. The number of hydrogen-bond donors (Lipinski definition) is 1. The second-order valence-electron chi connectivity index (χ2n) is 12.6. The van der Waals surface area contributed by atoms with E-state index in [2.05, 4.69) is 33.6 Å². The van der Waals surface area contributed by atoms with Gasteiger partial charge in [-0.1, -0.05) is 59.3 Å². The zero-order valence-corrected chi connectivity index (χ0v) is 20.3. The molecule has 4 fully saturated rings. The van der Waals surface area contributed by atoms with Gasteiger partial charge in [-0.2, -0.15) is 0 Å². The van der Waals surface area contributed by atoms with Crippen molar-refractivity contribution in [3.05, 3.63) is 0 Å². The predicted molar refractivity (Wildman–Crippen MR) is 127 cm³/mol. The van der Waals surface area contributed by atoms with Gasteiger partial charge < -0.3 is 5.11 Å². The molecule has 0 aromatic heterocycles. The van der Waals surface area contributed by atoms with Gasteiger partial charge in [0.05, 0.1) is 0 Å². The molecule has 0 aliphatic heterocycles. The van der Waals surface area contributed by atoms with Gasteiger partial charge in [0.1, 0.15) is 6.10 Å². The van der Waals surface area contributed by atoms with Crippen molar-refractivity contribution in [2.45, 2.75) is 117 Å². The van der Waals surface area contributed by atoms with Crippen LogP contribution in [0.3, 0.4) is 0 Å². The van der Waals surface area contributed by atoms with Crippen LogP contribution in [0.2, 0.25) is 0 Å². The fraction of sp³-hybridized carbons (Fsp3) is 0.931. The van der Waals surface area contributed by atoms with Crippen LogP contribution in [-0.4, -0.2) is 11.2 Å². The van der Waals surface area contributed by atoms with Crippen LogP contribution >= 0.6 is 0 Å². The number of aliphatic hydroxyl groups excluding tert-OH is 1. The third-order valence-corrected chi connectivity index (χ3v) is 11.4. The zero-order chi connectivity index (χ0) is 21.5. The number of hydrogen-bond acceptors (Lipinski definition) is 1. The van der Waals surface area contributed by atoms with Gasteiger partial charge in [-0.05, 0) is 110 Å². The monoisotopic (exact) mass is 412 g/mol. The molecule has 0 heterocycles. The lowest BCUT2D eigenvalue weighted by Crippen LogP contribution is -2.53. The lowest BCUT2D eigenvalue weighted by Gasteiger charge is -2.61. The first-order valence-corrected chi connectivity index (χ1v) is 13.5. The van der Waals surface area contributed by atoms with E-state index in [-0.39, 0.29) is 5.92 Å². The van der Waals surface area contributed by atoms with E-state index in [0.29, 0.717) is 10.8 Å². The average molecular weight is 413 g/mol. The third kappa shape index (κ3) is 3.78. The first kappa shape index (κ1) is 22.7. The Balaban J connectivity index is 1.39. The van der Waals surface area contributed by atoms with Gasteiger partial charge in [0.25, 0.3) is 0 Å². The molecule has 1 nitrogen and oxygen atoms in total. The minimum absolute atomic E-state index is 0.232. The molecule has 0 spiro atoms. The number of fused-ring (bicyclic) bond motifs is 5. The van der Waals surface area contributed by atoms with Crippen LogP contribution in [0.15, 0.2) is 0 Å². The van der Waals surface area contributed by atoms with E-state index < -0.39 is 6.10 Å². The Bertz CT molecular complexity index is 633. The lowest BCUT2D eigenvalue weighted by molar-refractivity contribution is -0.114. The maximum absolute atomic E-state index is 9.88. The predicted octanol–water partition coefficient (Wildman–Crippen LogP) is 7.47. The molecule has 1 N–H and O–H groups in total. The summed E-state index contributed by atoms with van der Waals surface area (Å²) in [6, 6.07) is 0. The molecule has 30 heavy (non-hydrogen) atoms. The molecule has 0 bridgehead atoms. The summed E-state index contributed by atoms with van der Waals surface area (Å²) in [6.07, 6.45) is 23.5. The van der Waals surface area contributed by atoms with Gasteiger partial charge in [-0.15, -0.1) is 6.42 Å². The van der Waals surface area contributed by atoms with E-state index in [1.54, 1.807) is 0 Å². The summed E-state index contributed by atoms with van der Waals surface area (Å²) in [4.78, 5) is 0. The molecule has 0 aromatic carbocycles. The first-order chi connectivity index (χ1) is 14.3. The molecule has 1 heteroatoms. The molecule has 0 aromatic rings. The highest BCUT2D eigenvalue weighted by atomic mass is 16.3. The Morgan fingerprint density at radius 2 is 1.67 bits per heavy atom. The summed E-state index contributed by atoms with van der Waals surface area (Å²) in [7, 11) is 0. The van der Waals surface area contributed by atoms with E-state index in [1.807, 2.05) is 0 Å². The van der Waals surface area contributed by atoms with Crippen molar-refractivity contribution in [3.8, 4) is 12.3 Å². The molecular formula is C29H48O. The smallest absolute Gasteiger partial charge is 0.117 e. The lowest BCUT2D eigenvalue weighted by atomic mass is 9.44. The molecule has 4 aliphatic rings. The van der Waals surface area contributed by atoms with Crippen LogP contribution in [0.4, 0.5) is 0 Å². The highest BCUT2D eigenvalue weighted by molar-refractivity contribution is 5.09. The Labute approximate surface area is 187 Å². The van der Waals surface area contributed by atoms with Crippen molar-refractivity contribution in [2.24, 2.45) is 52.3 Å². The fourth-order valence-electron chi connectivity index (χ4n) is 9.56. The van der Waals surface area contributed by atoms with Gasteiger partial charge in [0.15, 0.2) is 0 Å². The Morgan fingerprint density at radius 3 is 2.43 bits per heavy atom. The molecule has 0 saturated heterocycles. The van der Waals surface area contributed by atoms with Crippen LogP contribution in [0, 0.1) is 64.6 Å². The van der Waals surface area contributed by atoms with Gasteiger partial charge in [-0.3, -0.25) is 0 Å². The number of aliphatic hydroxyl groups is 1. The largest absolute Gasteiger partial charge is 0.380 e. The van der Waals surface area contributed by atoms with Crippen LogP contribution in [0.1, 0.15) is 111 Å². The second-order valence-corrected chi connectivity index (χ2v) is 12.6. The molecule has 4 saturated carbocycles. The van der Waals surface area contributed by atoms with Gasteiger partial charge in [0.2, 0.25) is 0 Å². The van der Waals surface area contributed by atoms with Gasteiger partial charge in [0, 0.05) is 0 Å². The van der Waals surface area contributed by atoms with Crippen LogP contribution in [0.25, 0.3) is 0 Å².